The molecule has 0 fully saturated rings. The van der Waals surface area contributed by atoms with E-state index in [0.29, 0.717) is 40.4 Å². The highest BCUT2D eigenvalue weighted by Crippen LogP contribution is 2.30. The number of hydrogen-bond acceptors (Lipinski definition) is 7. The van der Waals surface area contributed by atoms with Crippen molar-refractivity contribution in [3.8, 4) is 17.2 Å². The van der Waals surface area contributed by atoms with Crippen LogP contribution >= 0.6 is 0 Å². The number of ether oxygens (including phenoxy) is 4. The number of rotatable bonds is 9. The van der Waals surface area contributed by atoms with Gasteiger partial charge < -0.3 is 24.1 Å². The third-order valence-corrected chi connectivity index (χ3v) is 4.88. The van der Waals surface area contributed by atoms with Gasteiger partial charge >= 0.3 is 5.97 Å². The summed E-state index contributed by atoms with van der Waals surface area (Å²) in [5.41, 5.74) is 1.20. The normalized spacial score (nSPS) is 10.3. The molecule has 0 saturated carbocycles. The molecule has 0 spiro atoms. The molecular weight excluding hydrogens is 428 g/mol. The Bertz CT molecular complexity index is 1120. The number of carboxylic acids is 1. The van der Waals surface area contributed by atoms with E-state index < -0.39 is 5.97 Å². The Kier molecular flexibility index (Phi) is 9.68. The summed E-state index contributed by atoms with van der Waals surface area (Å²) >= 11 is 0. The molecule has 1 aromatic heterocycles. The van der Waals surface area contributed by atoms with E-state index in [9.17, 15) is 9.59 Å². The zero-order valence-corrected chi connectivity index (χ0v) is 19.6. The third kappa shape index (κ3) is 6.95. The third-order valence-electron chi connectivity index (χ3n) is 4.88. The number of aliphatic carboxylic acids is 1. The summed E-state index contributed by atoms with van der Waals surface area (Å²) in [6.45, 7) is 2.88. The topological polar surface area (TPSA) is 109 Å². The summed E-state index contributed by atoms with van der Waals surface area (Å²) in [6, 6.07) is 10.5. The second-order valence-electron chi connectivity index (χ2n) is 7.02. The van der Waals surface area contributed by atoms with E-state index in [1.807, 2.05) is 19.1 Å². The summed E-state index contributed by atoms with van der Waals surface area (Å²) < 4.78 is 22.3. The van der Waals surface area contributed by atoms with Crippen molar-refractivity contribution in [3.05, 3.63) is 58.1 Å². The van der Waals surface area contributed by atoms with Gasteiger partial charge in [0.1, 0.15) is 18.2 Å². The molecule has 0 aliphatic carbocycles. The van der Waals surface area contributed by atoms with Crippen LogP contribution in [-0.4, -0.2) is 48.6 Å². The van der Waals surface area contributed by atoms with Gasteiger partial charge in [0.15, 0.2) is 11.5 Å². The highest BCUT2D eigenvalue weighted by atomic mass is 16.5. The van der Waals surface area contributed by atoms with Crippen LogP contribution in [0.1, 0.15) is 24.7 Å². The van der Waals surface area contributed by atoms with Crippen molar-refractivity contribution in [1.29, 1.82) is 0 Å². The molecule has 2 aromatic carbocycles. The van der Waals surface area contributed by atoms with Gasteiger partial charge in [0, 0.05) is 33.3 Å². The van der Waals surface area contributed by atoms with Crippen molar-refractivity contribution < 1.29 is 28.8 Å². The van der Waals surface area contributed by atoms with E-state index >= 15 is 0 Å². The molecule has 1 heterocycles. The van der Waals surface area contributed by atoms with Gasteiger partial charge in [-0.1, -0.05) is 12.1 Å². The van der Waals surface area contributed by atoms with Crippen LogP contribution in [0.3, 0.4) is 0 Å². The zero-order valence-electron chi connectivity index (χ0n) is 19.6. The van der Waals surface area contributed by atoms with Gasteiger partial charge in [-0.15, -0.1) is 0 Å². The van der Waals surface area contributed by atoms with Crippen molar-refractivity contribution in [3.63, 3.8) is 0 Å². The van der Waals surface area contributed by atoms with Crippen molar-refractivity contribution in [2.24, 2.45) is 7.05 Å². The maximum atomic E-state index is 12.7. The Morgan fingerprint density at radius 2 is 1.67 bits per heavy atom. The fraction of sp³-hybridized carbons (Fsp3) is 0.375. The summed E-state index contributed by atoms with van der Waals surface area (Å²) in [6.07, 6.45) is 0.541. The predicted octanol–water partition coefficient (Wildman–Crippen LogP) is 3.20. The first-order chi connectivity index (χ1) is 15.8. The minimum absolute atomic E-state index is 0.0809. The molecule has 0 amide bonds. The summed E-state index contributed by atoms with van der Waals surface area (Å²) in [5.74, 6) is 1.19. The van der Waals surface area contributed by atoms with Crippen molar-refractivity contribution in [2.45, 2.75) is 26.4 Å². The Balaban J connectivity index is 0.000000890. The summed E-state index contributed by atoms with van der Waals surface area (Å²) in [7, 11) is 6.35. The molecule has 33 heavy (non-hydrogen) atoms. The molecule has 0 unspecified atom stereocenters. The molecular formula is C24H30N2O7. The summed E-state index contributed by atoms with van der Waals surface area (Å²) in [5, 5.41) is 9.18. The van der Waals surface area contributed by atoms with Gasteiger partial charge in [-0.05, 0) is 37.1 Å². The predicted molar refractivity (Wildman–Crippen MR) is 124 cm³/mol. The molecule has 178 valence electrons. The second kappa shape index (κ2) is 12.4. The Morgan fingerprint density at radius 3 is 2.21 bits per heavy atom. The van der Waals surface area contributed by atoms with Gasteiger partial charge in [0.05, 0.1) is 25.1 Å². The first kappa shape index (κ1) is 25.7. The lowest BCUT2D eigenvalue weighted by molar-refractivity contribution is -0.136. The number of hydrogen-bond donors (Lipinski definition) is 1. The monoisotopic (exact) mass is 458 g/mol. The van der Waals surface area contributed by atoms with Crippen LogP contribution in [-0.2, 0) is 29.6 Å². The van der Waals surface area contributed by atoms with Crippen molar-refractivity contribution >= 4 is 16.9 Å². The number of nitrogens with zero attached hydrogens (tertiary/aromatic N) is 2. The molecule has 0 bridgehead atoms. The molecule has 0 atom stereocenters. The summed E-state index contributed by atoms with van der Waals surface area (Å²) in [4.78, 5) is 27.9. The fourth-order valence-corrected chi connectivity index (χ4v) is 2.92. The lowest BCUT2D eigenvalue weighted by Gasteiger charge is -2.13. The molecule has 1 N–H and O–H groups in total. The van der Waals surface area contributed by atoms with E-state index in [1.165, 1.54) is 18.8 Å². The highest BCUT2D eigenvalue weighted by molar-refractivity contribution is 5.82. The van der Waals surface area contributed by atoms with Crippen molar-refractivity contribution in [2.75, 3.05) is 27.9 Å². The molecule has 0 aliphatic rings. The number of fused-ring (bicyclic) bond motifs is 1. The first-order valence-corrected chi connectivity index (χ1v) is 10.4. The van der Waals surface area contributed by atoms with Gasteiger partial charge in [-0.3, -0.25) is 14.2 Å². The van der Waals surface area contributed by atoms with Crippen LogP contribution in [0.15, 0.2) is 41.2 Å². The number of carbonyl (C=O) groups is 1. The number of benzene rings is 2. The fourth-order valence-electron chi connectivity index (χ4n) is 2.92. The van der Waals surface area contributed by atoms with Gasteiger partial charge in [0.25, 0.3) is 5.56 Å². The van der Waals surface area contributed by atoms with Gasteiger partial charge in [-0.2, -0.15) is 0 Å². The number of carboxylic acid groups (broad SMARTS) is 1. The largest absolute Gasteiger partial charge is 0.493 e. The standard InChI is InChI=1S/C21H22N2O6.C3H8O/c1-23-19(12-29-14-7-4-13(5-8-14)6-9-20(24)25)22-16-11-18(28-3)17(27-2)10-15(16)21(23)26;1-3-4-2/h4-5,7-8,10-11H,6,9,12H2,1-3H3,(H,24,25);3H2,1-2H3. The molecule has 9 nitrogen and oxygen atoms in total. The molecule has 0 saturated heterocycles. The van der Waals surface area contributed by atoms with Crippen LogP contribution in [0, 0.1) is 0 Å². The van der Waals surface area contributed by atoms with E-state index in [-0.39, 0.29) is 18.6 Å². The SMILES string of the molecule is CCOC.COc1cc2nc(COc3ccc(CCC(=O)O)cc3)n(C)c(=O)c2cc1OC. The average Bonchev–Trinajstić information content (AvgIpc) is 2.84. The second-order valence-corrected chi connectivity index (χ2v) is 7.02. The van der Waals surface area contributed by atoms with E-state index in [4.69, 9.17) is 19.3 Å². The minimum atomic E-state index is -0.831. The zero-order chi connectivity index (χ0) is 24.4. The molecule has 9 heteroatoms. The van der Waals surface area contributed by atoms with Crippen LogP contribution in [0.4, 0.5) is 0 Å². The van der Waals surface area contributed by atoms with E-state index in [1.54, 1.807) is 38.4 Å². The van der Waals surface area contributed by atoms with Crippen LogP contribution in [0.5, 0.6) is 17.2 Å². The number of aryl methyl sites for hydroxylation is 1. The number of aromatic nitrogens is 2. The lowest BCUT2D eigenvalue weighted by Crippen LogP contribution is -2.23. The smallest absolute Gasteiger partial charge is 0.303 e. The van der Waals surface area contributed by atoms with E-state index in [0.717, 1.165) is 12.2 Å². The molecule has 0 aliphatic heterocycles. The maximum Gasteiger partial charge on any atom is 0.303 e. The van der Waals surface area contributed by atoms with E-state index in [2.05, 4.69) is 9.72 Å². The van der Waals surface area contributed by atoms with Crippen LogP contribution in [0.25, 0.3) is 10.9 Å². The Labute approximate surface area is 192 Å². The quantitative estimate of drug-likeness (QED) is 0.521. The van der Waals surface area contributed by atoms with Gasteiger partial charge in [0.2, 0.25) is 0 Å². The molecule has 3 rings (SSSR count). The Morgan fingerprint density at radius 1 is 1.06 bits per heavy atom. The van der Waals surface area contributed by atoms with Crippen molar-refractivity contribution in [1.82, 2.24) is 9.55 Å². The average molecular weight is 459 g/mol. The van der Waals surface area contributed by atoms with Crippen LogP contribution in [0.2, 0.25) is 0 Å². The number of methoxy groups -OCH3 is 3. The first-order valence-electron chi connectivity index (χ1n) is 10.4. The van der Waals surface area contributed by atoms with Crippen LogP contribution < -0.4 is 19.8 Å². The Hall–Kier alpha value is -3.59. The molecule has 3 aromatic rings. The minimum Gasteiger partial charge on any atom is -0.493 e. The highest BCUT2D eigenvalue weighted by Gasteiger charge is 2.14. The molecule has 0 radical (unpaired) electrons. The van der Waals surface area contributed by atoms with Gasteiger partial charge in [-0.25, -0.2) is 4.98 Å². The lowest BCUT2D eigenvalue weighted by atomic mass is 10.1. The maximum absolute atomic E-state index is 12.7.